The minimum atomic E-state index is 0.472. The molecule has 106 valence electrons. The zero-order valence-electron chi connectivity index (χ0n) is 12.1. The van der Waals surface area contributed by atoms with Gasteiger partial charge in [0.15, 0.2) is 0 Å². The molecule has 0 spiro atoms. The summed E-state index contributed by atoms with van der Waals surface area (Å²) in [6, 6.07) is 10.5. The van der Waals surface area contributed by atoms with Gasteiger partial charge in [0.1, 0.15) is 0 Å². The van der Waals surface area contributed by atoms with Crippen LogP contribution in [0.5, 0.6) is 0 Å². The van der Waals surface area contributed by atoms with Gasteiger partial charge in [0, 0.05) is 24.2 Å². The van der Waals surface area contributed by atoms with Gasteiger partial charge in [-0.3, -0.25) is 4.98 Å². The van der Waals surface area contributed by atoms with Crippen LogP contribution in [-0.4, -0.2) is 18.1 Å². The van der Waals surface area contributed by atoms with Crippen LogP contribution in [0.1, 0.15) is 26.0 Å². The van der Waals surface area contributed by atoms with E-state index in [0.29, 0.717) is 5.88 Å². The Bertz CT molecular complexity index is 609. The molecule has 0 aliphatic carbocycles. The molecule has 2 heterocycles. The molecule has 2 nitrogen and oxygen atoms in total. The highest BCUT2D eigenvalue weighted by atomic mass is 35.5. The van der Waals surface area contributed by atoms with E-state index in [1.54, 1.807) is 0 Å². The quantitative estimate of drug-likeness (QED) is 0.776. The van der Waals surface area contributed by atoms with E-state index in [9.17, 15) is 0 Å². The average molecular weight is 289 g/mol. The van der Waals surface area contributed by atoms with Crippen LogP contribution in [-0.2, 0) is 5.88 Å². The van der Waals surface area contributed by atoms with Gasteiger partial charge in [0.2, 0.25) is 0 Å². The highest BCUT2D eigenvalue weighted by Crippen LogP contribution is 2.33. The fourth-order valence-electron chi connectivity index (χ4n) is 3.09. The predicted molar refractivity (Wildman–Crippen MR) is 86.5 cm³/mol. The monoisotopic (exact) mass is 288 g/mol. The largest absolute Gasteiger partial charge is 0.371 e. The first-order valence-corrected chi connectivity index (χ1v) is 7.92. The van der Waals surface area contributed by atoms with Crippen LogP contribution in [0.25, 0.3) is 10.9 Å². The summed E-state index contributed by atoms with van der Waals surface area (Å²) in [6.07, 6.45) is 1.28. The van der Waals surface area contributed by atoms with Crippen molar-refractivity contribution < 1.29 is 0 Å². The van der Waals surface area contributed by atoms with Crippen molar-refractivity contribution in [1.82, 2.24) is 4.98 Å². The molecule has 0 N–H and O–H groups in total. The smallest absolute Gasteiger partial charge is 0.0726 e. The zero-order chi connectivity index (χ0) is 14.1. The maximum atomic E-state index is 6.00. The van der Waals surface area contributed by atoms with E-state index in [2.05, 4.69) is 48.0 Å². The Morgan fingerprint density at radius 1 is 1.35 bits per heavy atom. The molecular weight excluding hydrogens is 268 g/mol. The van der Waals surface area contributed by atoms with Crippen LogP contribution in [0.2, 0.25) is 0 Å². The molecule has 1 aliphatic rings. The third-order valence-corrected chi connectivity index (χ3v) is 4.67. The molecular formula is C17H21ClN2. The summed E-state index contributed by atoms with van der Waals surface area (Å²) >= 11 is 6.00. The van der Waals surface area contributed by atoms with Crippen molar-refractivity contribution in [1.29, 1.82) is 0 Å². The van der Waals surface area contributed by atoms with Crippen LogP contribution >= 0.6 is 11.6 Å². The van der Waals surface area contributed by atoms with E-state index in [-0.39, 0.29) is 0 Å². The second-order valence-electron chi connectivity index (χ2n) is 6.02. The fourth-order valence-corrected chi connectivity index (χ4v) is 3.23. The van der Waals surface area contributed by atoms with Crippen LogP contribution in [0.3, 0.4) is 0 Å². The summed E-state index contributed by atoms with van der Waals surface area (Å²) in [6.45, 7) is 6.93. The van der Waals surface area contributed by atoms with E-state index in [4.69, 9.17) is 11.6 Å². The zero-order valence-corrected chi connectivity index (χ0v) is 12.9. The lowest BCUT2D eigenvalue weighted by Gasteiger charge is -2.22. The topological polar surface area (TPSA) is 16.1 Å². The van der Waals surface area contributed by atoms with Crippen LogP contribution in [0, 0.1) is 11.8 Å². The van der Waals surface area contributed by atoms with Gasteiger partial charge in [-0.15, -0.1) is 11.6 Å². The van der Waals surface area contributed by atoms with Gasteiger partial charge in [0.05, 0.1) is 17.1 Å². The number of hydrogen-bond donors (Lipinski definition) is 0. The third-order valence-electron chi connectivity index (χ3n) is 4.39. The lowest BCUT2D eigenvalue weighted by molar-refractivity contribution is 0.423. The number of pyridine rings is 1. The normalized spacial score (nSPS) is 19.2. The second-order valence-corrected chi connectivity index (χ2v) is 6.29. The molecule has 20 heavy (non-hydrogen) atoms. The van der Waals surface area contributed by atoms with Gasteiger partial charge < -0.3 is 4.90 Å². The predicted octanol–water partition coefficient (Wildman–Crippen LogP) is 4.46. The van der Waals surface area contributed by atoms with Crippen molar-refractivity contribution in [2.45, 2.75) is 26.1 Å². The van der Waals surface area contributed by atoms with Crippen LogP contribution in [0.4, 0.5) is 5.69 Å². The Morgan fingerprint density at radius 3 is 2.85 bits per heavy atom. The number of halogens is 1. The molecule has 2 aromatic rings. The standard InChI is InChI=1S/C17H21ClN2/c1-12(2)13-7-8-20(11-13)17-9-14(10-18)19-16-6-4-3-5-15(16)17/h3-6,9,12-13H,7-8,10-11H2,1-2H3. The van der Waals surface area contributed by atoms with Crippen molar-refractivity contribution in [3.63, 3.8) is 0 Å². The Hall–Kier alpha value is -1.28. The Kier molecular flexibility index (Phi) is 3.84. The first-order valence-electron chi connectivity index (χ1n) is 7.38. The van der Waals surface area contributed by atoms with Gasteiger partial charge >= 0.3 is 0 Å². The molecule has 0 bridgehead atoms. The van der Waals surface area contributed by atoms with E-state index >= 15 is 0 Å². The summed E-state index contributed by atoms with van der Waals surface area (Å²) in [5, 5.41) is 1.24. The summed E-state index contributed by atoms with van der Waals surface area (Å²) in [7, 11) is 0. The van der Waals surface area contributed by atoms with Gasteiger partial charge in [0.25, 0.3) is 0 Å². The number of anilines is 1. The highest BCUT2D eigenvalue weighted by molar-refractivity contribution is 6.17. The summed E-state index contributed by atoms with van der Waals surface area (Å²) in [5.41, 5.74) is 3.32. The molecule has 3 heteroatoms. The van der Waals surface area contributed by atoms with E-state index < -0.39 is 0 Å². The molecule has 1 atom stereocenters. The molecule has 0 amide bonds. The maximum absolute atomic E-state index is 6.00. The molecule has 0 saturated carbocycles. The Balaban J connectivity index is 2.02. The van der Waals surface area contributed by atoms with Crippen molar-refractivity contribution in [3.8, 4) is 0 Å². The van der Waals surface area contributed by atoms with Gasteiger partial charge in [-0.05, 0) is 30.4 Å². The minimum Gasteiger partial charge on any atom is -0.371 e. The molecule has 3 rings (SSSR count). The fraction of sp³-hybridized carbons (Fsp3) is 0.471. The van der Waals surface area contributed by atoms with Gasteiger partial charge in [-0.25, -0.2) is 0 Å². The SMILES string of the molecule is CC(C)C1CCN(c2cc(CCl)nc3ccccc23)C1. The summed E-state index contributed by atoms with van der Waals surface area (Å²) < 4.78 is 0. The van der Waals surface area contributed by atoms with E-state index in [1.165, 1.54) is 17.5 Å². The molecule has 1 aromatic heterocycles. The number of nitrogens with zero attached hydrogens (tertiary/aromatic N) is 2. The van der Waals surface area contributed by atoms with Crippen molar-refractivity contribution in [3.05, 3.63) is 36.0 Å². The number of para-hydroxylation sites is 1. The maximum Gasteiger partial charge on any atom is 0.0726 e. The second kappa shape index (κ2) is 5.61. The molecule has 1 unspecified atom stereocenters. The van der Waals surface area contributed by atoms with Crippen molar-refractivity contribution in [2.24, 2.45) is 11.8 Å². The van der Waals surface area contributed by atoms with E-state index in [0.717, 1.165) is 36.1 Å². The van der Waals surface area contributed by atoms with E-state index in [1.807, 2.05) is 6.07 Å². The van der Waals surface area contributed by atoms with Gasteiger partial charge in [-0.1, -0.05) is 32.0 Å². The molecule has 1 aliphatic heterocycles. The number of rotatable bonds is 3. The summed E-state index contributed by atoms with van der Waals surface area (Å²) in [4.78, 5) is 7.13. The molecule has 1 fully saturated rings. The highest BCUT2D eigenvalue weighted by Gasteiger charge is 2.26. The average Bonchev–Trinajstić information content (AvgIpc) is 2.96. The number of hydrogen-bond acceptors (Lipinski definition) is 2. The number of aromatic nitrogens is 1. The minimum absolute atomic E-state index is 0.472. The first-order chi connectivity index (χ1) is 9.69. The number of benzene rings is 1. The summed E-state index contributed by atoms with van der Waals surface area (Å²) in [5.74, 6) is 2.02. The molecule has 0 radical (unpaired) electrons. The third kappa shape index (κ3) is 2.49. The van der Waals surface area contributed by atoms with Crippen molar-refractivity contribution in [2.75, 3.05) is 18.0 Å². The lowest BCUT2D eigenvalue weighted by atomic mass is 9.95. The van der Waals surface area contributed by atoms with Crippen LogP contribution in [0.15, 0.2) is 30.3 Å². The Labute approximate surface area is 125 Å². The van der Waals surface area contributed by atoms with Crippen molar-refractivity contribution >= 4 is 28.2 Å². The lowest BCUT2D eigenvalue weighted by Crippen LogP contribution is -2.21. The molecule has 1 saturated heterocycles. The number of alkyl halides is 1. The Morgan fingerprint density at radius 2 is 2.15 bits per heavy atom. The first kappa shape index (κ1) is 13.7. The van der Waals surface area contributed by atoms with Gasteiger partial charge in [-0.2, -0.15) is 0 Å². The number of fused-ring (bicyclic) bond motifs is 1. The molecule has 1 aromatic carbocycles. The van der Waals surface area contributed by atoms with Crippen LogP contribution < -0.4 is 4.90 Å².